The Morgan fingerprint density at radius 2 is 1.59 bits per heavy atom. The van der Waals surface area contributed by atoms with E-state index in [-0.39, 0.29) is 0 Å². The lowest BCUT2D eigenvalue weighted by atomic mass is 10.3. The van der Waals surface area contributed by atoms with Gasteiger partial charge in [-0.2, -0.15) is 0 Å². The first-order valence-corrected chi connectivity index (χ1v) is 9.20. The minimum absolute atomic E-state index is 0.709. The van der Waals surface area contributed by atoms with Crippen LogP contribution in [0.3, 0.4) is 0 Å². The highest BCUT2D eigenvalue weighted by atomic mass is 35.5. The third-order valence-corrected chi connectivity index (χ3v) is 4.63. The molecule has 1 aromatic carbocycles. The standard InChI is InChI=1S/C19H20ClN7/c1-14-23-17(25-16-5-3-15(20)4-6-16)13-18(24-14)26-9-11-27(12-10-26)19-21-7-2-8-22-19/h2-8,13H,9-12H2,1H3,(H,23,24,25). The van der Waals surface area contributed by atoms with E-state index < -0.39 is 0 Å². The Labute approximate surface area is 163 Å². The summed E-state index contributed by atoms with van der Waals surface area (Å²) >= 11 is 5.95. The molecule has 0 radical (unpaired) electrons. The number of hydrogen-bond acceptors (Lipinski definition) is 7. The lowest BCUT2D eigenvalue weighted by Crippen LogP contribution is -2.47. The van der Waals surface area contributed by atoms with Crippen LogP contribution in [0.25, 0.3) is 0 Å². The van der Waals surface area contributed by atoms with Gasteiger partial charge in [-0.3, -0.25) is 0 Å². The van der Waals surface area contributed by atoms with E-state index in [2.05, 4.69) is 35.1 Å². The minimum Gasteiger partial charge on any atom is -0.353 e. The van der Waals surface area contributed by atoms with Crippen LogP contribution in [0, 0.1) is 6.92 Å². The fourth-order valence-electron chi connectivity index (χ4n) is 3.05. The molecule has 1 aliphatic rings. The zero-order valence-corrected chi connectivity index (χ0v) is 15.8. The van der Waals surface area contributed by atoms with Crippen LogP contribution < -0.4 is 15.1 Å². The van der Waals surface area contributed by atoms with Gasteiger partial charge in [0.15, 0.2) is 0 Å². The fraction of sp³-hybridized carbons (Fsp3) is 0.263. The van der Waals surface area contributed by atoms with Crippen molar-refractivity contribution in [1.82, 2.24) is 19.9 Å². The highest BCUT2D eigenvalue weighted by Crippen LogP contribution is 2.22. The van der Waals surface area contributed by atoms with Gasteiger partial charge >= 0.3 is 0 Å². The zero-order chi connectivity index (χ0) is 18.6. The summed E-state index contributed by atoms with van der Waals surface area (Å²) in [7, 11) is 0. The van der Waals surface area contributed by atoms with Crippen LogP contribution in [0.2, 0.25) is 5.02 Å². The molecule has 0 saturated carbocycles. The van der Waals surface area contributed by atoms with Crippen LogP contribution in [-0.2, 0) is 0 Å². The first-order chi connectivity index (χ1) is 13.2. The van der Waals surface area contributed by atoms with Crippen LogP contribution in [0.4, 0.5) is 23.3 Å². The summed E-state index contributed by atoms with van der Waals surface area (Å²) < 4.78 is 0. The summed E-state index contributed by atoms with van der Waals surface area (Å²) in [6.45, 7) is 5.33. The fourth-order valence-corrected chi connectivity index (χ4v) is 3.18. The number of nitrogens with zero attached hydrogens (tertiary/aromatic N) is 6. The number of hydrogen-bond donors (Lipinski definition) is 1. The van der Waals surface area contributed by atoms with Crippen molar-refractivity contribution in [3.63, 3.8) is 0 Å². The van der Waals surface area contributed by atoms with Gasteiger partial charge in [-0.25, -0.2) is 19.9 Å². The number of aryl methyl sites for hydroxylation is 1. The van der Waals surface area contributed by atoms with E-state index in [0.29, 0.717) is 5.02 Å². The first kappa shape index (κ1) is 17.5. The molecule has 1 fully saturated rings. The number of aromatic nitrogens is 4. The van der Waals surface area contributed by atoms with Crippen molar-refractivity contribution < 1.29 is 0 Å². The maximum absolute atomic E-state index is 5.95. The van der Waals surface area contributed by atoms with Crippen LogP contribution in [0.15, 0.2) is 48.8 Å². The molecule has 1 saturated heterocycles. The van der Waals surface area contributed by atoms with Crippen molar-refractivity contribution >= 4 is 34.9 Å². The minimum atomic E-state index is 0.709. The molecule has 7 nitrogen and oxygen atoms in total. The van der Waals surface area contributed by atoms with E-state index in [4.69, 9.17) is 11.6 Å². The quantitative estimate of drug-likeness (QED) is 0.743. The number of nitrogens with one attached hydrogen (secondary N) is 1. The van der Waals surface area contributed by atoms with Crippen LogP contribution >= 0.6 is 11.6 Å². The van der Waals surface area contributed by atoms with Gasteiger partial charge in [0.25, 0.3) is 0 Å². The average Bonchev–Trinajstić information content (AvgIpc) is 2.70. The highest BCUT2D eigenvalue weighted by molar-refractivity contribution is 6.30. The smallest absolute Gasteiger partial charge is 0.225 e. The Kier molecular flexibility index (Phi) is 5.02. The molecule has 27 heavy (non-hydrogen) atoms. The molecule has 0 aliphatic carbocycles. The predicted molar refractivity (Wildman–Crippen MR) is 108 cm³/mol. The van der Waals surface area contributed by atoms with Crippen molar-refractivity contribution in [2.75, 3.05) is 41.3 Å². The molecule has 3 heterocycles. The molecule has 4 rings (SSSR count). The maximum atomic E-state index is 5.95. The SMILES string of the molecule is Cc1nc(Nc2ccc(Cl)cc2)cc(N2CCN(c3ncccn3)CC2)n1. The summed E-state index contributed by atoms with van der Waals surface area (Å²) in [5, 5.41) is 4.03. The Balaban J connectivity index is 1.46. The van der Waals surface area contributed by atoms with E-state index in [9.17, 15) is 0 Å². The van der Waals surface area contributed by atoms with Crippen molar-refractivity contribution in [3.8, 4) is 0 Å². The number of anilines is 4. The van der Waals surface area contributed by atoms with Crippen molar-refractivity contribution in [1.29, 1.82) is 0 Å². The summed E-state index contributed by atoms with van der Waals surface area (Å²) in [5.41, 5.74) is 0.939. The maximum Gasteiger partial charge on any atom is 0.225 e. The number of rotatable bonds is 4. The second-order valence-electron chi connectivity index (χ2n) is 6.31. The van der Waals surface area contributed by atoms with Gasteiger partial charge in [0, 0.05) is 55.3 Å². The Morgan fingerprint density at radius 1 is 0.926 bits per heavy atom. The van der Waals surface area contributed by atoms with Gasteiger partial charge in [-0.1, -0.05) is 11.6 Å². The monoisotopic (exact) mass is 381 g/mol. The Bertz CT molecular complexity index is 894. The topological polar surface area (TPSA) is 70.1 Å². The van der Waals surface area contributed by atoms with Gasteiger partial charge in [-0.15, -0.1) is 0 Å². The molecule has 1 N–H and O–H groups in total. The van der Waals surface area contributed by atoms with Crippen molar-refractivity contribution in [3.05, 3.63) is 59.6 Å². The van der Waals surface area contributed by atoms with E-state index in [1.54, 1.807) is 12.4 Å². The molecule has 3 aromatic rings. The Hall–Kier alpha value is -2.93. The molecule has 0 bridgehead atoms. The third kappa shape index (κ3) is 4.25. The van der Waals surface area contributed by atoms with Gasteiger partial charge in [0.2, 0.25) is 5.95 Å². The zero-order valence-electron chi connectivity index (χ0n) is 15.0. The molecule has 0 spiro atoms. The summed E-state index contributed by atoms with van der Waals surface area (Å²) in [6, 6.07) is 11.4. The first-order valence-electron chi connectivity index (χ1n) is 8.82. The normalized spacial score (nSPS) is 14.3. The second-order valence-corrected chi connectivity index (χ2v) is 6.75. The van der Waals surface area contributed by atoms with E-state index in [1.165, 1.54) is 0 Å². The van der Waals surface area contributed by atoms with Gasteiger partial charge in [0.1, 0.15) is 17.5 Å². The van der Waals surface area contributed by atoms with Gasteiger partial charge in [-0.05, 0) is 37.3 Å². The highest BCUT2D eigenvalue weighted by Gasteiger charge is 2.20. The molecule has 1 aliphatic heterocycles. The third-order valence-electron chi connectivity index (χ3n) is 4.38. The number of benzene rings is 1. The molecule has 0 amide bonds. The van der Waals surface area contributed by atoms with Crippen molar-refractivity contribution in [2.45, 2.75) is 6.92 Å². The molecular weight excluding hydrogens is 362 g/mol. The molecular formula is C19H20ClN7. The second kappa shape index (κ2) is 7.75. The van der Waals surface area contributed by atoms with E-state index in [1.807, 2.05) is 43.3 Å². The Morgan fingerprint density at radius 3 is 2.30 bits per heavy atom. The van der Waals surface area contributed by atoms with Crippen LogP contribution in [0.1, 0.15) is 5.82 Å². The molecule has 2 aromatic heterocycles. The molecule has 138 valence electrons. The van der Waals surface area contributed by atoms with E-state index >= 15 is 0 Å². The van der Waals surface area contributed by atoms with E-state index in [0.717, 1.165) is 55.3 Å². The number of halogens is 1. The lowest BCUT2D eigenvalue weighted by molar-refractivity contribution is 0.633. The van der Waals surface area contributed by atoms with Crippen molar-refractivity contribution in [2.24, 2.45) is 0 Å². The van der Waals surface area contributed by atoms with Gasteiger partial charge < -0.3 is 15.1 Å². The predicted octanol–water partition coefficient (Wildman–Crippen LogP) is 3.30. The van der Waals surface area contributed by atoms with Crippen LogP contribution in [-0.4, -0.2) is 46.1 Å². The lowest BCUT2D eigenvalue weighted by Gasteiger charge is -2.35. The van der Waals surface area contributed by atoms with Gasteiger partial charge in [0.05, 0.1) is 0 Å². The molecule has 8 heteroatoms. The summed E-state index contributed by atoms with van der Waals surface area (Å²) in [5.74, 6) is 3.21. The average molecular weight is 382 g/mol. The molecule has 0 atom stereocenters. The summed E-state index contributed by atoms with van der Waals surface area (Å²) in [4.78, 5) is 22.2. The largest absolute Gasteiger partial charge is 0.353 e. The van der Waals surface area contributed by atoms with Crippen LogP contribution in [0.5, 0.6) is 0 Å². The summed E-state index contributed by atoms with van der Waals surface area (Å²) in [6.07, 6.45) is 3.55. The number of piperazine rings is 1. The molecule has 0 unspecified atom stereocenters.